The lowest BCUT2D eigenvalue weighted by Crippen LogP contribution is -2.56. The van der Waals surface area contributed by atoms with E-state index in [2.05, 4.69) is 53.6 Å². The Morgan fingerprint density at radius 2 is 1.85 bits per heavy atom. The van der Waals surface area contributed by atoms with Crippen molar-refractivity contribution in [3.63, 3.8) is 0 Å². The number of nitrogens with one attached hydrogen (secondary N) is 2. The van der Waals surface area contributed by atoms with Gasteiger partial charge in [-0.1, -0.05) is 0 Å². The maximum absolute atomic E-state index is 15.2. The van der Waals surface area contributed by atoms with Crippen LogP contribution in [0.5, 0.6) is 5.75 Å². The number of rotatable bonds is 8. The molecule has 4 fully saturated rings. The summed E-state index contributed by atoms with van der Waals surface area (Å²) in [5.74, 6) is -0.469. The molecule has 4 aliphatic heterocycles. The standard InChI is InChI=1S/C33H35F2N9O4/c34-25-14-27(40-31(25)45)32(46)44-8-7-29(26(35)16-44)48-28-6-1-20(13-21(28)15-36)30-37-19-38-33(41-30)39-22-2-4-23(5-3-22)42-9-11-43(12-10-42)24-17-47-18-24/h1-6,13,19,24-27,29H,7-12,14,16-18H2,(H,40,45)(H,37,38,39,41)/t25-,26+,27-,29?/m0/s1. The van der Waals surface area contributed by atoms with Crippen LogP contribution >= 0.6 is 0 Å². The van der Waals surface area contributed by atoms with Crippen molar-refractivity contribution in [2.24, 2.45) is 0 Å². The number of hydrogen-bond donors (Lipinski definition) is 2. The third kappa shape index (κ3) is 6.71. The minimum absolute atomic E-state index is 0.162. The van der Waals surface area contributed by atoms with Gasteiger partial charge in [0.25, 0.3) is 5.91 Å². The molecule has 15 heteroatoms. The molecule has 2 N–H and O–H groups in total. The van der Waals surface area contributed by atoms with E-state index in [1.165, 1.54) is 11.2 Å². The Morgan fingerprint density at radius 3 is 2.52 bits per heavy atom. The number of benzene rings is 2. The van der Waals surface area contributed by atoms with E-state index < -0.39 is 36.3 Å². The Morgan fingerprint density at radius 1 is 1.06 bits per heavy atom. The monoisotopic (exact) mass is 659 g/mol. The normalized spacial score (nSPS) is 24.8. The molecular weight excluding hydrogens is 624 g/mol. The molecule has 48 heavy (non-hydrogen) atoms. The number of anilines is 3. The highest BCUT2D eigenvalue weighted by atomic mass is 19.1. The first-order chi connectivity index (χ1) is 23.3. The molecule has 4 saturated heterocycles. The van der Waals surface area contributed by atoms with Gasteiger partial charge in [-0.3, -0.25) is 14.5 Å². The molecule has 3 aromatic rings. The highest BCUT2D eigenvalue weighted by molar-refractivity contribution is 5.93. The minimum Gasteiger partial charge on any atom is -0.486 e. The summed E-state index contributed by atoms with van der Waals surface area (Å²) in [6, 6.07) is 14.6. The number of nitriles is 1. The second-order valence-electron chi connectivity index (χ2n) is 12.4. The summed E-state index contributed by atoms with van der Waals surface area (Å²) in [6.45, 7) is 5.55. The summed E-state index contributed by atoms with van der Waals surface area (Å²) in [4.78, 5) is 43.3. The van der Waals surface area contributed by atoms with Crippen molar-refractivity contribution in [2.75, 3.05) is 62.7 Å². The maximum atomic E-state index is 15.2. The first-order valence-electron chi connectivity index (χ1n) is 16.1. The van der Waals surface area contributed by atoms with Gasteiger partial charge in [0, 0.05) is 62.5 Å². The van der Waals surface area contributed by atoms with Crippen LogP contribution in [0.2, 0.25) is 0 Å². The highest BCUT2D eigenvalue weighted by Crippen LogP contribution is 2.29. The van der Waals surface area contributed by atoms with Gasteiger partial charge in [0.2, 0.25) is 11.9 Å². The van der Waals surface area contributed by atoms with Crippen LogP contribution in [0.4, 0.5) is 26.1 Å². The Balaban J connectivity index is 0.953. The van der Waals surface area contributed by atoms with Crippen LogP contribution in [0, 0.1) is 11.3 Å². The number of amides is 2. The number of aromatic nitrogens is 3. The molecule has 13 nitrogen and oxygen atoms in total. The molecule has 4 atom stereocenters. The Bertz CT molecular complexity index is 1700. The topological polar surface area (TPSA) is 149 Å². The minimum atomic E-state index is -1.74. The SMILES string of the molecule is N#Cc1cc(-c2ncnc(Nc3ccc(N4CCN(C5COC5)CC4)cc3)n2)ccc1OC1CCN(C(=O)[C@@H]2C[C@H](F)C(=O)N2)C[C@H]1F. The molecule has 0 saturated carbocycles. The van der Waals surface area contributed by atoms with Crippen LogP contribution in [0.1, 0.15) is 18.4 Å². The summed E-state index contributed by atoms with van der Waals surface area (Å²) in [6.07, 6.45) is -2.90. The summed E-state index contributed by atoms with van der Waals surface area (Å²) in [5.41, 5.74) is 2.69. The van der Waals surface area contributed by atoms with Crippen LogP contribution in [-0.2, 0) is 14.3 Å². The molecule has 1 unspecified atom stereocenters. The first-order valence-corrected chi connectivity index (χ1v) is 16.1. The van der Waals surface area contributed by atoms with Crippen LogP contribution in [0.15, 0.2) is 48.8 Å². The van der Waals surface area contributed by atoms with Crippen LogP contribution in [0.25, 0.3) is 11.4 Å². The van der Waals surface area contributed by atoms with Crippen molar-refractivity contribution in [1.82, 2.24) is 30.1 Å². The number of likely N-dealkylation sites (tertiary alicyclic amines) is 1. The molecule has 0 spiro atoms. The summed E-state index contributed by atoms with van der Waals surface area (Å²) >= 11 is 0. The number of carbonyl (C=O) groups excluding carboxylic acids is 2. The van der Waals surface area contributed by atoms with Gasteiger partial charge in [-0.2, -0.15) is 10.2 Å². The largest absolute Gasteiger partial charge is 0.486 e. The van der Waals surface area contributed by atoms with E-state index in [0.717, 1.165) is 50.8 Å². The third-order valence-corrected chi connectivity index (χ3v) is 9.28. The first kappa shape index (κ1) is 31.6. The maximum Gasteiger partial charge on any atom is 0.255 e. The van der Waals surface area contributed by atoms with Gasteiger partial charge in [0.05, 0.1) is 31.4 Å². The molecule has 2 amide bonds. The summed E-state index contributed by atoms with van der Waals surface area (Å²) in [7, 11) is 0. The van der Waals surface area contributed by atoms with E-state index in [9.17, 15) is 19.2 Å². The zero-order valence-corrected chi connectivity index (χ0v) is 26.1. The van der Waals surface area contributed by atoms with Crippen molar-refractivity contribution < 1.29 is 27.8 Å². The van der Waals surface area contributed by atoms with E-state index >= 15 is 4.39 Å². The number of piperidine rings is 1. The molecular formula is C33H35F2N9O4. The molecule has 250 valence electrons. The van der Waals surface area contributed by atoms with Crippen LogP contribution in [0.3, 0.4) is 0 Å². The lowest BCUT2D eigenvalue weighted by Gasteiger charge is -2.43. The number of nitrogens with zero attached hydrogens (tertiary/aromatic N) is 7. The third-order valence-electron chi connectivity index (χ3n) is 9.28. The van der Waals surface area contributed by atoms with Gasteiger partial charge in [-0.05, 0) is 42.5 Å². The second kappa shape index (κ2) is 13.7. The lowest BCUT2D eigenvalue weighted by atomic mass is 10.0. The van der Waals surface area contributed by atoms with Crippen LogP contribution in [-0.4, -0.2) is 120 Å². The predicted molar refractivity (Wildman–Crippen MR) is 170 cm³/mol. The molecule has 7 rings (SSSR count). The molecule has 0 bridgehead atoms. The van der Waals surface area contributed by atoms with Crippen molar-refractivity contribution in [1.29, 1.82) is 5.26 Å². The van der Waals surface area contributed by atoms with Gasteiger partial charge in [0.15, 0.2) is 18.2 Å². The van der Waals surface area contributed by atoms with Gasteiger partial charge < -0.3 is 29.9 Å². The number of alkyl halides is 2. The Hall–Kier alpha value is -4.94. The molecule has 0 radical (unpaired) electrons. The molecule has 1 aromatic heterocycles. The molecule has 4 aliphatic rings. The van der Waals surface area contributed by atoms with E-state index in [0.29, 0.717) is 23.4 Å². The Kier molecular flexibility index (Phi) is 9.00. The zero-order chi connectivity index (χ0) is 33.2. The van der Waals surface area contributed by atoms with Crippen molar-refractivity contribution in [2.45, 2.75) is 43.4 Å². The fourth-order valence-corrected chi connectivity index (χ4v) is 6.42. The summed E-state index contributed by atoms with van der Waals surface area (Å²) in [5, 5.41) is 15.4. The smallest absolute Gasteiger partial charge is 0.255 e. The van der Waals surface area contributed by atoms with E-state index in [4.69, 9.17) is 9.47 Å². The average molecular weight is 660 g/mol. The number of hydrogen-bond acceptors (Lipinski definition) is 11. The average Bonchev–Trinajstić information content (AvgIpc) is 3.43. The Labute approximate surface area is 275 Å². The number of carbonyl (C=O) groups is 2. The summed E-state index contributed by atoms with van der Waals surface area (Å²) < 4.78 is 40.0. The van der Waals surface area contributed by atoms with Crippen molar-refractivity contribution in [3.8, 4) is 23.2 Å². The highest BCUT2D eigenvalue weighted by Gasteiger charge is 2.41. The number of ether oxygens (including phenoxy) is 2. The van der Waals surface area contributed by atoms with E-state index in [1.54, 1.807) is 18.2 Å². The fraction of sp³-hybridized carbons (Fsp3) is 0.455. The molecule has 5 heterocycles. The van der Waals surface area contributed by atoms with Crippen molar-refractivity contribution >= 4 is 29.1 Å². The number of piperazine rings is 1. The second-order valence-corrected chi connectivity index (χ2v) is 12.4. The van der Waals surface area contributed by atoms with E-state index in [1.807, 2.05) is 12.1 Å². The quantitative estimate of drug-likeness (QED) is 0.367. The zero-order valence-electron chi connectivity index (χ0n) is 26.1. The lowest BCUT2D eigenvalue weighted by molar-refractivity contribution is -0.138. The van der Waals surface area contributed by atoms with Crippen molar-refractivity contribution in [3.05, 3.63) is 54.4 Å². The van der Waals surface area contributed by atoms with Gasteiger partial charge in [0.1, 0.15) is 30.3 Å². The van der Waals surface area contributed by atoms with Gasteiger partial charge >= 0.3 is 0 Å². The van der Waals surface area contributed by atoms with Gasteiger partial charge in [-0.15, -0.1) is 0 Å². The molecule has 0 aliphatic carbocycles. The fourth-order valence-electron chi connectivity index (χ4n) is 6.42. The van der Waals surface area contributed by atoms with Gasteiger partial charge in [-0.25, -0.2) is 18.7 Å². The van der Waals surface area contributed by atoms with E-state index in [-0.39, 0.29) is 37.2 Å². The predicted octanol–water partition coefficient (Wildman–Crippen LogP) is 2.22. The molecule has 2 aromatic carbocycles. The number of halogens is 2. The van der Waals surface area contributed by atoms with Crippen LogP contribution < -0.4 is 20.3 Å².